The Hall–Kier alpha value is -2.82. The average molecular weight is 469 g/mol. The smallest absolute Gasteiger partial charge is 0.240 e. The quantitative estimate of drug-likeness (QED) is 0.527. The fraction of sp³-hybridized carbons (Fsp3) is 0.200. The predicted octanol–water partition coefficient (Wildman–Crippen LogP) is 3.55. The molecule has 0 aliphatic heterocycles. The van der Waals surface area contributed by atoms with Crippen LogP contribution in [0.3, 0.4) is 0 Å². The van der Waals surface area contributed by atoms with Crippen LogP contribution in [0.5, 0.6) is 0 Å². The minimum Gasteiger partial charge on any atom is -0.326 e. The van der Waals surface area contributed by atoms with Crippen molar-refractivity contribution in [2.75, 3.05) is 5.32 Å². The summed E-state index contributed by atoms with van der Waals surface area (Å²) in [6.07, 6.45) is 0.162. The number of nitrogens with one attached hydrogen (secondary N) is 1. The van der Waals surface area contributed by atoms with Crippen LogP contribution in [0.15, 0.2) is 59.8 Å². The summed E-state index contributed by atoms with van der Waals surface area (Å²) in [6.45, 7) is 0. The Bertz CT molecular complexity index is 1200. The van der Waals surface area contributed by atoms with Gasteiger partial charge in [0.05, 0.1) is 18.3 Å². The molecule has 0 saturated carbocycles. The van der Waals surface area contributed by atoms with Gasteiger partial charge in [0.2, 0.25) is 22.4 Å². The highest BCUT2D eigenvalue weighted by Crippen LogP contribution is 2.24. The second kappa shape index (κ2) is 9.54. The Kier molecular flexibility index (Phi) is 7.04. The van der Waals surface area contributed by atoms with Crippen LogP contribution in [0.25, 0.3) is 5.69 Å². The minimum atomic E-state index is -4.18. The Balaban J connectivity index is 1.84. The molecule has 1 aromatic heterocycles. The van der Waals surface area contributed by atoms with Crippen LogP contribution < -0.4 is 10.5 Å². The fourth-order valence-electron chi connectivity index (χ4n) is 2.93. The summed E-state index contributed by atoms with van der Waals surface area (Å²) in [5.74, 6) is -0.394. The van der Waals surface area contributed by atoms with Crippen LogP contribution in [0.2, 0.25) is 5.02 Å². The average Bonchev–Trinajstić information content (AvgIpc) is 3.16. The Morgan fingerprint density at radius 1 is 1.23 bits per heavy atom. The largest absolute Gasteiger partial charge is 0.326 e. The van der Waals surface area contributed by atoms with Crippen molar-refractivity contribution in [1.82, 2.24) is 9.78 Å². The number of carbonyl (C=O) groups is 1. The van der Waals surface area contributed by atoms with Crippen molar-refractivity contribution in [1.29, 1.82) is 0 Å². The molecule has 0 aliphatic rings. The van der Waals surface area contributed by atoms with E-state index < -0.39 is 22.4 Å². The number of alkyl halides is 2. The maximum atomic E-state index is 12.4. The molecule has 0 atom stereocenters. The zero-order valence-electron chi connectivity index (χ0n) is 16.1. The van der Waals surface area contributed by atoms with Gasteiger partial charge in [-0.1, -0.05) is 29.8 Å². The highest BCUT2D eigenvalue weighted by Gasteiger charge is 2.18. The number of nitrogens with zero attached hydrogens (tertiary/aromatic N) is 2. The SMILES string of the molecule is NS(=O)(=O)c1cc(NC(=O)Cc2ccccc2Cl)ccc1-n1cc(CCC(F)F)cn1. The highest BCUT2D eigenvalue weighted by atomic mass is 35.5. The van der Waals surface area contributed by atoms with Crippen molar-refractivity contribution in [2.45, 2.75) is 30.6 Å². The minimum absolute atomic E-state index is 0.00120. The lowest BCUT2D eigenvalue weighted by Crippen LogP contribution is -2.18. The van der Waals surface area contributed by atoms with E-state index in [1.54, 1.807) is 24.3 Å². The molecule has 0 radical (unpaired) electrons. The van der Waals surface area contributed by atoms with Crippen molar-refractivity contribution < 1.29 is 22.0 Å². The van der Waals surface area contributed by atoms with E-state index in [1.165, 1.54) is 35.3 Å². The van der Waals surface area contributed by atoms with Gasteiger partial charge in [-0.2, -0.15) is 5.10 Å². The van der Waals surface area contributed by atoms with E-state index in [0.29, 0.717) is 16.1 Å². The molecule has 1 heterocycles. The third-order valence-corrected chi connectivity index (χ3v) is 5.70. The molecule has 0 spiro atoms. The molecular formula is C20H19ClF2N4O3S. The molecule has 3 aromatic rings. The number of rotatable bonds is 8. The standard InChI is InChI=1S/C20H19ClF2N4O3S/c21-16-4-2-1-3-14(16)9-20(28)26-15-6-7-17(18(10-15)31(24,29)30)27-12-13(11-25-27)5-8-19(22)23/h1-4,6-7,10-12,19H,5,8-9H2,(H,26,28)(H2,24,29,30). The van der Waals surface area contributed by atoms with Crippen LogP contribution >= 0.6 is 11.6 Å². The third-order valence-electron chi connectivity index (χ3n) is 4.39. The number of sulfonamides is 1. The van der Waals surface area contributed by atoms with Crippen LogP contribution in [0.1, 0.15) is 17.5 Å². The Labute approximate surface area is 182 Å². The lowest BCUT2D eigenvalue weighted by Gasteiger charge is -2.12. The number of aromatic nitrogens is 2. The van der Waals surface area contributed by atoms with Crippen molar-refractivity contribution >= 4 is 33.2 Å². The molecule has 0 fully saturated rings. The number of hydrogen-bond donors (Lipinski definition) is 2. The lowest BCUT2D eigenvalue weighted by molar-refractivity contribution is -0.115. The Morgan fingerprint density at radius 2 is 1.97 bits per heavy atom. The monoisotopic (exact) mass is 468 g/mol. The molecule has 3 rings (SSSR count). The van der Waals surface area contributed by atoms with Crippen molar-refractivity contribution in [3.05, 3.63) is 71.0 Å². The molecule has 2 aromatic carbocycles. The maximum absolute atomic E-state index is 12.4. The number of aryl methyl sites for hydroxylation is 1. The molecule has 0 saturated heterocycles. The first-order valence-corrected chi connectivity index (χ1v) is 11.1. The highest BCUT2D eigenvalue weighted by molar-refractivity contribution is 7.89. The van der Waals surface area contributed by atoms with Crippen LogP contribution in [-0.4, -0.2) is 30.5 Å². The number of benzene rings is 2. The van der Waals surface area contributed by atoms with Gasteiger partial charge in [0.1, 0.15) is 4.90 Å². The van der Waals surface area contributed by atoms with Gasteiger partial charge in [-0.15, -0.1) is 0 Å². The summed E-state index contributed by atoms with van der Waals surface area (Å²) >= 11 is 6.06. The molecule has 31 heavy (non-hydrogen) atoms. The third kappa shape index (κ3) is 6.09. The van der Waals surface area contributed by atoms with Gasteiger partial charge in [0.25, 0.3) is 0 Å². The molecule has 7 nitrogen and oxygen atoms in total. The fourth-order valence-corrected chi connectivity index (χ4v) is 3.87. The predicted molar refractivity (Wildman–Crippen MR) is 113 cm³/mol. The van der Waals surface area contributed by atoms with E-state index in [0.717, 1.165) is 0 Å². The van der Waals surface area contributed by atoms with E-state index in [4.69, 9.17) is 16.7 Å². The number of primary sulfonamides is 1. The lowest BCUT2D eigenvalue weighted by atomic mass is 10.1. The first-order chi connectivity index (χ1) is 14.6. The second-order valence-electron chi connectivity index (χ2n) is 6.77. The van der Waals surface area contributed by atoms with E-state index in [-0.39, 0.29) is 35.5 Å². The van der Waals surface area contributed by atoms with Crippen LogP contribution in [0, 0.1) is 0 Å². The zero-order valence-corrected chi connectivity index (χ0v) is 17.7. The summed E-state index contributed by atoms with van der Waals surface area (Å²) in [5.41, 5.74) is 1.50. The molecule has 164 valence electrons. The molecule has 11 heteroatoms. The number of halogens is 3. The van der Waals surface area contributed by atoms with Gasteiger partial charge >= 0.3 is 0 Å². The summed E-state index contributed by atoms with van der Waals surface area (Å²) < 4.78 is 50.3. The molecule has 0 unspecified atom stereocenters. The van der Waals surface area contributed by atoms with Gasteiger partial charge in [-0.25, -0.2) is 27.0 Å². The first kappa shape index (κ1) is 22.9. The van der Waals surface area contributed by atoms with Gasteiger partial charge < -0.3 is 5.32 Å². The molecular weight excluding hydrogens is 450 g/mol. The summed E-state index contributed by atoms with van der Waals surface area (Å²) in [7, 11) is -4.18. The van der Waals surface area contributed by atoms with Crippen molar-refractivity contribution in [3.63, 3.8) is 0 Å². The van der Waals surface area contributed by atoms with E-state index >= 15 is 0 Å². The number of nitrogens with two attached hydrogens (primary N) is 1. The second-order valence-corrected chi connectivity index (χ2v) is 8.70. The van der Waals surface area contributed by atoms with Crippen LogP contribution in [-0.2, 0) is 27.7 Å². The normalized spacial score (nSPS) is 11.6. The van der Waals surface area contributed by atoms with Crippen molar-refractivity contribution in [2.24, 2.45) is 5.14 Å². The molecule has 3 N–H and O–H groups in total. The zero-order chi connectivity index (χ0) is 22.6. The summed E-state index contributed by atoms with van der Waals surface area (Å²) in [4.78, 5) is 12.1. The molecule has 0 aliphatic carbocycles. The number of carbonyl (C=O) groups excluding carboxylic acids is 1. The van der Waals surface area contributed by atoms with Gasteiger partial charge in [0.15, 0.2) is 0 Å². The van der Waals surface area contributed by atoms with E-state index in [2.05, 4.69) is 10.4 Å². The first-order valence-electron chi connectivity index (χ1n) is 9.15. The number of hydrogen-bond acceptors (Lipinski definition) is 4. The van der Waals surface area contributed by atoms with Gasteiger partial charge in [-0.05, 0) is 41.8 Å². The number of anilines is 1. The van der Waals surface area contributed by atoms with Gasteiger partial charge in [0, 0.05) is 23.3 Å². The van der Waals surface area contributed by atoms with Crippen LogP contribution in [0.4, 0.5) is 14.5 Å². The van der Waals surface area contributed by atoms with Gasteiger partial charge in [-0.3, -0.25) is 4.79 Å². The topological polar surface area (TPSA) is 107 Å². The van der Waals surface area contributed by atoms with E-state index in [9.17, 15) is 22.0 Å². The summed E-state index contributed by atoms with van der Waals surface area (Å²) in [6, 6.07) is 11.0. The Morgan fingerprint density at radius 3 is 2.65 bits per heavy atom. The summed E-state index contributed by atoms with van der Waals surface area (Å²) in [5, 5.41) is 12.4. The number of amides is 1. The molecule has 0 bridgehead atoms. The molecule has 1 amide bonds. The van der Waals surface area contributed by atoms with Crippen molar-refractivity contribution in [3.8, 4) is 5.69 Å². The maximum Gasteiger partial charge on any atom is 0.240 e. The van der Waals surface area contributed by atoms with E-state index in [1.807, 2.05) is 0 Å².